The summed E-state index contributed by atoms with van der Waals surface area (Å²) in [6.07, 6.45) is 0. The van der Waals surface area contributed by atoms with Crippen molar-refractivity contribution in [3.05, 3.63) is 52.8 Å². The van der Waals surface area contributed by atoms with Crippen LogP contribution in [0, 0.1) is 29.6 Å². The standard InChI is InChI=1S/C14H11N5/c1-10-6-13(8-16)19-14(18-10)17-9-12-4-2-11(7-15)3-5-12/h2-6H,9H2,1H3,(H,17,18,19). The smallest absolute Gasteiger partial charge is 0.224 e. The predicted molar refractivity (Wildman–Crippen MR) is 70.0 cm³/mol. The molecule has 0 aliphatic heterocycles. The van der Waals surface area contributed by atoms with Crippen LogP contribution in [0.2, 0.25) is 0 Å². The van der Waals surface area contributed by atoms with Crippen molar-refractivity contribution in [2.45, 2.75) is 13.5 Å². The highest BCUT2D eigenvalue weighted by Gasteiger charge is 2.01. The summed E-state index contributed by atoms with van der Waals surface area (Å²) < 4.78 is 0. The first-order valence-corrected chi connectivity index (χ1v) is 5.70. The second kappa shape index (κ2) is 5.61. The van der Waals surface area contributed by atoms with Gasteiger partial charge in [0, 0.05) is 12.2 Å². The third kappa shape index (κ3) is 3.27. The van der Waals surface area contributed by atoms with Gasteiger partial charge in [0.05, 0.1) is 11.6 Å². The highest BCUT2D eigenvalue weighted by Crippen LogP contribution is 2.08. The van der Waals surface area contributed by atoms with E-state index in [-0.39, 0.29) is 0 Å². The van der Waals surface area contributed by atoms with Gasteiger partial charge in [-0.1, -0.05) is 12.1 Å². The van der Waals surface area contributed by atoms with E-state index >= 15 is 0 Å². The second-order valence-electron chi connectivity index (χ2n) is 3.99. The monoisotopic (exact) mass is 249 g/mol. The molecule has 0 radical (unpaired) electrons. The second-order valence-corrected chi connectivity index (χ2v) is 3.99. The number of aryl methyl sites for hydroxylation is 1. The summed E-state index contributed by atoms with van der Waals surface area (Å²) in [7, 11) is 0. The van der Waals surface area contributed by atoms with E-state index in [2.05, 4.69) is 21.4 Å². The first kappa shape index (κ1) is 12.5. The minimum Gasteiger partial charge on any atom is -0.350 e. The molecule has 0 amide bonds. The average Bonchev–Trinajstić information content (AvgIpc) is 2.45. The third-order valence-corrected chi connectivity index (χ3v) is 2.50. The number of benzene rings is 1. The Morgan fingerprint density at radius 3 is 2.47 bits per heavy atom. The normalized spacial score (nSPS) is 9.42. The lowest BCUT2D eigenvalue weighted by Gasteiger charge is -2.06. The van der Waals surface area contributed by atoms with Gasteiger partial charge in [-0.25, -0.2) is 9.97 Å². The van der Waals surface area contributed by atoms with Crippen molar-refractivity contribution in [2.24, 2.45) is 0 Å². The van der Waals surface area contributed by atoms with E-state index in [0.717, 1.165) is 11.3 Å². The first-order valence-electron chi connectivity index (χ1n) is 5.70. The molecule has 2 aromatic rings. The minimum atomic E-state index is 0.342. The number of nitriles is 2. The largest absolute Gasteiger partial charge is 0.350 e. The van der Waals surface area contributed by atoms with Crippen LogP contribution in [-0.4, -0.2) is 9.97 Å². The summed E-state index contributed by atoms with van der Waals surface area (Å²) in [4.78, 5) is 8.27. The Balaban J connectivity index is 2.08. The highest BCUT2D eigenvalue weighted by molar-refractivity contribution is 5.36. The zero-order valence-electron chi connectivity index (χ0n) is 10.4. The van der Waals surface area contributed by atoms with Crippen LogP contribution in [-0.2, 0) is 6.54 Å². The molecule has 0 fully saturated rings. The summed E-state index contributed by atoms with van der Waals surface area (Å²) in [5, 5.41) is 20.6. The molecule has 1 aromatic heterocycles. The van der Waals surface area contributed by atoms with Crippen molar-refractivity contribution in [1.82, 2.24) is 9.97 Å². The zero-order valence-corrected chi connectivity index (χ0v) is 10.4. The molecule has 0 aliphatic carbocycles. The van der Waals surface area contributed by atoms with Crippen LogP contribution in [0.15, 0.2) is 30.3 Å². The molecule has 0 saturated carbocycles. The lowest BCUT2D eigenvalue weighted by Crippen LogP contribution is -2.05. The van der Waals surface area contributed by atoms with E-state index in [1.807, 2.05) is 25.1 Å². The van der Waals surface area contributed by atoms with E-state index in [1.54, 1.807) is 18.2 Å². The summed E-state index contributed by atoms with van der Waals surface area (Å²) >= 11 is 0. The Hall–Kier alpha value is -2.92. The summed E-state index contributed by atoms with van der Waals surface area (Å²) in [6, 6.07) is 12.9. The van der Waals surface area contributed by atoms with Crippen LogP contribution in [0.25, 0.3) is 0 Å². The molecule has 0 bridgehead atoms. The minimum absolute atomic E-state index is 0.342. The van der Waals surface area contributed by atoms with Gasteiger partial charge in [-0.05, 0) is 30.7 Å². The Bertz CT molecular complexity index is 662. The van der Waals surface area contributed by atoms with Gasteiger partial charge >= 0.3 is 0 Å². The number of anilines is 1. The van der Waals surface area contributed by atoms with E-state index < -0.39 is 0 Å². The van der Waals surface area contributed by atoms with Gasteiger partial charge < -0.3 is 5.32 Å². The van der Waals surface area contributed by atoms with Crippen molar-refractivity contribution < 1.29 is 0 Å². The molecule has 5 nitrogen and oxygen atoms in total. The van der Waals surface area contributed by atoms with Crippen LogP contribution in [0.3, 0.4) is 0 Å². The van der Waals surface area contributed by atoms with Gasteiger partial charge in [-0.15, -0.1) is 0 Å². The van der Waals surface area contributed by atoms with Crippen molar-refractivity contribution >= 4 is 5.95 Å². The van der Waals surface area contributed by atoms with Gasteiger partial charge in [-0.3, -0.25) is 0 Å². The highest BCUT2D eigenvalue weighted by atomic mass is 15.1. The van der Waals surface area contributed by atoms with Gasteiger partial charge in [0.1, 0.15) is 11.8 Å². The number of hydrogen-bond acceptors (Lipinski definition) is 5. The number of hydrogen-bond donors (Lipinski definition) is 1. The van der Waals surface area contributed by atoms with Crippen LogP contribution in [0.1, 0.15) is 22.5 Å². The summed E-state index contributed by atoms with van der Waals surface area (Å²) in [6.45, 7) is 2.36. The van der Waals surface area contributed by atoms with E-state index in [0.29, 0.717) is 23.8 Å². The molecular weight excluding hydrogens is 238 g/mol. The summed E-state index contributed by atoms with van der Waals surface area (Å²) in [5.41, 5.74) is 2.73. The molecule has 19 heavy (non-hydrogen) atoms. The molecule has 0 unspecified atom stereocenters. The van der Waals surface area contributed by atoms with Crippen molar-refractivity contribution in [3.63, 3.8) is 0 Å². The average molecular weight is 249 g/mol. The molecule has 2 rings (SSSR count). The molecule has 1 N–H and O–H groups in total. The van der Waals surface area contributed by atoms with Crippen molar-refractivity contribution in [3.8, 4) is 12.1 Å². The fraction of sp³-hybridized carbons (Fsp3) is 0.143. The number of nitrogens with one attached hydrogen (secondary N) is 1. The SMILES string of the molecule is Cc1cc(C#N)nc(NCc2ccc(C#N)cc2)n1. The van der Waals surface area contributed by atoms with Crippen molar-refractivity contribution in [2.75, 3.05) is 5.32 Å². The lowest BCUT2D eigenvalue weighted by molar-refractivity contribution is 1.02. The molecular formula is C14H11N5. The maximum Gasteiger partial charge on any atom is 0.224 e. The Morgan fingerprint density at radius 2 is 1.84 bits per heavy atom. The van der Waals surface area contributed by atoms with Crippen molar-refractivity contribution in [1.29, 1.82) is 10.5 Å². The van der Waals surface area contributed by atoms with Gasteiger partial charge in [-0.2, -0.15) is 10.5 Å². The number of aromatic nitrogens is 2. The maximum absolute atomic E-state index is 8.83. The summed E-state index contributed by atoms with van der Waals surface area (Å²) in [5.74, 6) is 0.431. The van der Waals surface area contributed by atoms with Gasteiger partial charge in [0.25, 0.3) is 0 Å². The van der Waals surface area contributed by atoms with E-state index in [4.69, 9.17) is 10.5 Å². The maximum atomic E-state index is 8.83. The third-order valence-electron chi connectivity index (χ3n) is 2.50. The molecule has 1 aromatic carbocycles. The molecule has 0 aliphatic rings. The predicted octanol–water partition coefficient (Wildman–Crippen LogP) is 2.14. The molecule has 5 heteroatoms. The van der Waals surface area contributed by atoms with Crippen LogP contribution in [0.4, 0.5) is 5.95 Å². The fourth-order valence-electron chi connectivity index (χ4n) is 1.58. The molecule has 1 heterocycles. The van der Waals surface area contributed by atoms with Crippen LogP contribution in [0.5, 0.6) is 0 Å². The Kier molecular flexibility index (Phi) is 3.70. The molecule has 92 valence electrons. The Labute approximate surface area is 111 Å². The molecule has 0 spiro atoms. The molecule has 0 saturated heterocycles. The van der Waals surface area contributed by atoms with E-state index in [9.17, 15) is 0 Å². The fourth-order valence-corrected chi connectivity index (χ4v) is 1.58. The topological polar surface area (TPSA) is 85.4 Å². The first-order chi connectivity index (χ1) is 9.21. The van der Waals surface area contributed by atoms with Crippen LogP contribution >= 0.6 is 0 Å². The van der Waals surface area contributed by atoms with E-state index in [1.165, 1.54) is 0 Å². The number of rotatable bonds is 3. The van der Waals surface area contributed by atoms with Gasteiger partial charge in [0.15, 0.2) is 0 Å². The molecule has 0 atom stereocenters. The zero-order chi connectivity index (χ0) is 13.7. The Morgan fingerprint density at radius 1 is 1.11 bits per heavy atom. The van der Waals surface area contributed by atoms with Gasteiger partial charge in [0.2, 0.25) is 5.95 Å². The number of nitrogens with zero attached hydrogens (tertiary/aromatic N) is 4. The quantitative estimate of drug-likeness (QED) is 0.900. The van der Waals surface area contributed by atoms with Crippen LogP contribution < -0.4 is 5.32 Å². The lowest BCUT2D eigenvalue weighted by atomic mass is 10.1.